The van der Waals surface area contributed by atoms with Gasteiger partial charge in [0.1, 0.15) is 19.3 Å². The molecule has 15 heteroatoms. The number of ether oxygens (including phenoxy) is 2. The van der Waals surface area contributed by atoms with Gasteiger partial charge in [-0.3, -0.25) is 24.4 Å². The van der Waals surface area contributed by atoms with Gasteiger partial charge in [-0.25, -0.2) is 14.4 Å². The molecule has 2 aromatic heterocycles. The van der Waals surface area contributed by atoms with E-state index in [9.17, 15) is 28.8 Å². The molecule has 0 radical (unpaired) electrons. The van der Waals surface area contributed by atoms with E-state index in [1.807, 2.05) is 86.6 Å². The van der Waals surface area contributed by atoms with E-state index in [-0.39, 0.29) is 67.4 Å². The number of nitrogens with two attached hydrogens (primary N) is 1. The molecule has 15 nitrogen and oxygen atoms in total. The molecule has 8 rings (SSSR count). The lowest BCUT2D eigenvalue weighted by atomic mass is 9.98. The lowest BCUT2D eigenvalue weighted by Crippen LogP contribution is -2.48. The number of hydrogen-bond donors (Lipinski definition) is 5. The molecular weight excluding hydrogens is 877 g/mol. The summed E-state index contributed by atoms with van der Waals surface area (Å²) in [6.45, 7) is 7.33. The number of ketones is 2. The van der Waals surface area contributed by atoms with Crippen LogP contribution in [0.1, 0.15) is 82.5 Å². The lowest BCUT2D eigenvalue weighted by molar-refractivity contribution is -0.140. The standard InChI is InChI=1S/C27H27N3O4.C20H21NO4.C7H8N2O/c1-17(2)25(24(31)15-29-26(32)18-11-13-28-14-12-18)30-27(33)34-16-23-21-9-5-3-7-19(21)20-8-4-6-10-22(20)23;1-12(2)18(19(22)23)21-20(24)25-11-17-15-9-5-3-7-13(15)14-8-4-6-10-16(14)17;8-5-7(10)6-1-3-9-4-2-6/h3-14,17,23,25H,15-16H2,1-2H3,(H,29,32)(H,30,33);3-10,12,17-18H,11H2,1-2H3,(H,21,24)(H,22,23);1-4H,5,8H2/t25-;18-;/m00./s1. The van der Waals surface area contributed by atoms with Gasteiger partial charge in [0.05, 0.1) is 19.1 Å². The van der Waals surface area contributed by atoms with Crippen molar-refractivity contribution in [1.29, 1.82) is 0 Å². The summed E-state index contributed by atoms with van der Waals surface area (Å²) >= 11 is 0. The zero-order chi connectivity index (χ0) is 49.5. The van der Waals surface area contributed by atoms with E-state index >= 15 is 0 Å². The van der Waals surface area contributed by atoms with Crippen molar-refractivity contribution in [3.8, 4) is 22.3 Å². The summed E-state index contributed by atoms with van der Waals surface area (Å²) in [5.74, 6) is -2.30. The highest BCUT2D eigenvalue weighted by molar-refractivity contribution is 5.98. The molecule has 2 aliphatic rings. The number of benzene rings is 4. The Bertz CT molecular complexity index is 2660. The zero-order valence-electron chi connectivity index (χ0n) is 38.8. The molecule has 69 heavy (non-hydrogen) atoms. The van der Waals surface area contributed by atoms with Gasteiger partial charge in [-0.15, -0.1) is 0 Å². The number of carboxylic acids is 1. The molecule has 2 atom stereocenters. The van der Waals surface area contributed by atoms with Gasteiger partial charge < -0.3 is 36.3 Å². The smallest absolute Gasteiger partial charge is 0.407 e. The van der Waals surface area contributed by atoms with Gasteiger partial charge in [-0.2, -0.15) is 0 Å². The van der Waals surface area contributed by atoms with Crippen molar-refractivity contribution in [2.45, 2.75) is 51.6 Å². The van der Waals surface area contributed by atoms with Crippen molar-refractivity contribution in [2.24, 2.45) is 17.6 Å². The Labute approximate surface area is 400 Å². The third kappa shape index (κ3) is 12.9. The molecule has 356 valence electrons. The first kappa shape index (κ1) is 50.4. The van der Waals surface area contributed by atoms with Gasteiger partial charge in [0.15, 0.2) is 11.6 Å². The maximum absolute atomic E-state index is 12.7. The maximum Gasteiger partial charge on any atom is 0.407 e. The first-order chi connectivity index (χ1) is 33.3. The summed E-state index contributed by atoms with van der Waals surface area (Å²) in [6.07, 6.45) is 4.79. The van der Waals surface area contributed by atoms with Crippen LogP contribution in [0, 0.1) is 11.8 Å². The monoisotopic (exact) mass is 932 g/mol. The van der Waals surface area contributed by atoms with Crippen molar-refractivity contribution in [3.63, 3.8) is 0 Å². The number of carbonyl (C=O) groups excluding carboxylic acids is 5. The molecule has 3 amide bonds. The van der Waals surface area contributed by atoms with Gasteiger partial charge in [0, 0.05) is 47.8 Å². The molecule has 0 saturated carbocycles. The van der Waals surface area contributed by atoms with E-state index in [0.717, 1.165) is 44.5 Å². The summed E-state index contributed by atoms with van der Waals surface area (Å²) in [4.78, 5) is 79.3. The van der Waals surface area contributed by atoms with Crippen LogP contribution in [0.5, 0.6) is 0 Å². The van der Waals surface area contributed by atoms with E-state index in [2.05, 4.69) is 50.2 Å². The van der Waals surface area contributed by atoms with Gasteiger partial charge in [0.2, 0.25) is 0 Å². The average Bonchev–Trinajstić information content (AvgIpc) is 3.87. The minimum atomic E-state index is -1.07. The van der Waals surface area contributed by atoms with E-state index in [4.69, 9.17) is 20.3 Å². The van der Waals surface area contributed by atoms with Gasteiger partial charge >= 0.3 is 18.2 Å². The summed E-state index contributed by atoms with van der Waals surface area (Å²) in [6, 6.07) is 37.0. The molecule has 0 fully saturated rings. The van der Waals surface area contributed by atoms with Crippen LogP contribution in [0.2, 0.25) is 0 Å². The number of Topliss-reactive ketones (excluding diaryl/α,β-unsaturated/α-hetero) is 2. The van der Waals surface area contributed by atoms with E-state index in [1.165, 1.54) is 12.4 Å². The van der Waals surface area contributed by atoms with Crippen molar-refractivity contribution in [3.05, 3.63) is 179 Å². The molecule has 0 saturated heterocycles. The fraction of sp³-hybridized carbons (Fsp3) is 0.259. The number of amides is 3. The summed E-state index contributed by atoms with van der Waals surface area (Å²) in [5.41, 5.74) is 15.2. The predicted molar refractivity (Wildman–Crippen MR) is 260 cm³/mol. The topological polar surface area (TPSA) is 229 Å². The minimum Gasteiger partial charge on any atom is -0.480 e. The van der Waals surface area contributed by atoms with Gasteiger partial charge in [0.25, 0.3) is 5.91 Å². The third-order valence-corrected chi connectivity index (χ3v) is 11.7. The highest BCUT2D eigenvalue weighted by Gasteiger charge is 2.32. The fourth-order valence-electron chi connectivity index (χ4n) is 8.20. The second-order valence-electron chi connectivity index (χ2n) is 17.0. The summed E-state index contributed by atoms with van der Waals surface area (Å²) < 4.78 is 10.9. The van der Waals surface area contributed by atoms with E-state index in [1.54, 1.807) is 50.5 Å². The fourth-order valence-corrected chi connectivity index (χ4v) is 8.20. The second-order valence-corrected chi connectivity index (χ2v) is 17.0. The average molecular weight is 933 g/mol. The molecule has 0 aliphatic heterocycles. The number of nitrogens with one attached hydrogen (secondary N) is 3. The second kappa shape index (κ2) is 24.1. The predicted octanol–water partition coefficient (Wildman–Crippen LogP) is 7.80. The largest absolute Gasteiger partial charge is 0.480 e. The van der Waals surface area contributed by atoms with Crippen molar-refractivity contribution in [1.82, 2.24) is 25.9 Å². The Morgan fingerprint density at radius 3 is 1.28 bits per heavy atom. The normalized spacial score (nSPS) is 12.8. The quantitative estimate of drug-likeness (QED) is 0.0622. The number of carboxylic acid groups (broad SMARTS) is 1. The van der Waals surface area contributed by atoms with Crippen molar-refractivity contribution < 1.29 is 43.3 Å². The molecule has 6 N–H and O–H groups in total. The van der Waals surface area contributed by atoms with Gasteiger partial charge in [-0.05, 0) is 80.6 Å². The Hall–Kier alpha value is -8.04. The number of pyridine rings is 2. The summed E-state index contributed by atoms with van der Waals surface area (Å²) in [7, 11) is 0. The molecule has 2 heterocycles. The Morgan fingerprint density at radius 2 is 0.913 bits per heavy atom. The number of aliphatic carboxylic acids is 1. The molecule has 0 unspecified atom stereocenters. The Kier molecular flexibility index (Phi) is 17.6. The number of carbonyl (C=O) groups is 6. The van der Waals surface area contributed by atoms with Crippen molar-refractivity contribution >= 4 is 35.6 Å². The zero-order valence-corrected chi connectivity index (χ0v) is 38.8. The number of rotatable bonds is 15. The lowest BCUT2D eigenvalue weighted by Gasteiger charge is -2.22. The highest BCUT2D eigenvalue weighted by Crippen LogP contribution is 2.45. The Balaban J connectivity index is 0.000000195. The van der Waals surface area contributed by atoms with Crippen molar-refractivity contribution in [2.75, 3.05) is 26.3 Å². The van der Waals surface area contributed by atoms with Crippen LogP contribution in [-0.2, 0) is 19.1 Å². The van der Waals surface area contributed by atoms with Crippen LogP contribution in [0.15, 0.2) is 146 Å². The number of aromatic nitrogens is 2. The van der Waals surface area contributed by atoms with Crippen LogP contribution < -0.4 is 21.7 Å². The van der Waals surface area contributed by atoms with Crippen LogP contribution in [-0.4, -0.2) is 89.1 Å². The third-order valence-electron chi connectivity index (χ3n) is 11.7. The van der Waals surface area contributed by atoms with Gasteiger partial charge in [-0.1, -0.05) is 125 Å². The maximum atomic E-state index is 12.7. The molecule has 0 bridgehead atoms. The first-order valence-electron chi connectivity index (χ1n) is 22.6. The Morgan fingerprint density at radius 1 is 0.551 bits per heavy atom. The number of fused-ring (bicyclic) bond motifs is 6. The van der Waals surface area contributed by atoms with Crippen LogP contribution in [0.3, 0.4) is 0 Å². The SMILES string of the molecule is CC(C)[C@H](NC(=O)OCC1c2ccccc2-c2ccccc21)C(=O)CNC(=O)c1ccncc1.CC(C)[C@H](NC(=O)OCC1c2ccccc2-c2ccccc21)C(=O)O.NCC(=O)c1ccncc1. The molecular formula is C54H56N6O9. The van der Waals surface area contributed by atoms with Crippen LogP contribution in [0.4, 0.5) is 9.59 Å². The van der Waals surface area contributed by atoms with Crippen LogP contribution >= 0.6 is 0 Å². The first-order valence-corrected chi connectivity index (χ1v) is 22.6. The van der Waals surface area contributed by atoms with E-state index in [0.29, 0.717) is 11.1 Å². The highest BCUT2D eigenvalue weighted by atomic mass is 16.6. The minimum absolute atomic E-state index is 0.0412. The number of alkyl carbamates (subject to hydrolysis) is 2. The molecule has 2 aliphatic carbocycles. The van der Waals surface area contributed by atoms with Crippen LogP contribution in [0.25, 0.3) is 22.3 Å². The number of hydrogen-bond acceptors (Lipinski definition) is 11. The summed E-state index contributed by atoms with van der Waals surface area (Å²) in [5, 5.41) is 16.9. The molecule has 0 spiro atoms. The number of nitrogens with zero attached hydrogens (tertiary/aromatic N) is 2. The van der Waals surface area contributed by atoms with E-state index < -0.39 is 30.2 Å². The molecule has 4 aromatic carbocycles. The molecule has 6 aromatic rings.